The number of anilines is 1. The van der Waals surface area contributed by atoms with E-state index in [9.17, 15) is 9.59 Å². The van der Waals surface area contributed by atoms with E-state index in [1.54, 1.807) is 13.1 Å². The number of hydrogen-bond acceptors (Lipinski definition) is 6. The highest BCUT2D eigenvalue weighted by atomic mass is 32.1. The maximum atomic E-state index is 12.8. The average molecular weight is 383 g/mol. The minimum atomic E-state index is -0.469. The Balaban J connectivity index is 1.97. The molecular weight excluding hydrogens is 362 g/mol. The predicted octanol–water partition coefficient (Wildman–Crippen LogP) is 4.34. The molecule has 7 heteroatoms. The molecule has 0 aliphatic rings. The third kappa shape index (κ3) is 3.83. The average Bonchev–Trinajstić information content (AvgIpc) is 2.99. The first-order valence-corrected chi connectivity index (χ1v) is 9.28. The molecule has 2 aromatic heterocycles. The third-order valence-electron chi connectivity index (χ3n) is 4.24. The number of carbonyl (C=O) groups is 2. The fourth-order valence-corrected chi connectivity index (χ4v) is 3.58. The Morgan fingerprint density at radius 3 is 2.59 bits per heavy atom. The molecule has 0 saturated heterocycles. The maximum Gasteiger partial charge on any atom is 0.350 e. The van der Waals surface area contributed by atoms with Crippen molar-refractivity contribution >= 4 is 39.1 Å². The number of nitrogens with one attached hydrogen (secondary N) is 1. The first-order valence-electron chi connectivity index (χ1n) is 8.47. The lowest BCUT2D eigenvalue weighted by molar-refractivity contribution is 0.0605. The Morgan fingerprint density at radius 1 is 1.19 bits per heavy atom. The monoisotopic (exact) mass is 383 g/mol. The number of aryl methyl sites for hydroxylation is 1. The topological polar surface area (TPSA) is 81.2 Å². The Morgan fingerprint density at radius 2 is 1.93 bits per heavy atom. The smallest absolute Gasteiger partial charge is 0.350 e. The minimum Gasteiger partial charge on any atom is -0.465 e. The Hall–Kier alpha value is -2.80. The first-order chi connectivity index (χ1) is 12.7. The van der Waals surface area contributed by atoms with Gasteiger partial charge in [0.25, 0.3) is 5.91 Å². The van der Waals surface area contributed by atoms with E-state index in [4.69, 9.17) is 4.74 Å². The molecule has 0 atom stereocenters. The van der Waals surface area contributed by atoms with Crippen LogP contribution in [0.15, 0.2) is 30.5 Å². The normalized spacial score (nSPS) is 11.4. The van der Waals surface area contributed by atoms with Gasteiger partial charge in [0, 0.05) is 11.6 Å². The standard InChI is InChI=1S/C20H21N3O3S/c1-11-16(18(25)26-5)27-19(22-11)23-17(24)15-14-10-13(20(2,3)4)7-6-12(14)8-9-21-15/h6-10H,1-5H3,(H,22,23,24). The van der Waals surface area contributed by atoms with Crippen molar-refractivity contribution in [3.63, 3.8) is 0 Å². The molecule has 0 fully saturated rings. The lowest BCUT2D eigenvalue weighted by Gasteiger charge is -2.19. The van der Waals surface area contributed by atoms with Gasteiger partial charge in [-0.1, -0.05) is 44.2 Å². The van der Waals surface area contributed by atoms with Crippen molar-refractivity contribution in [1.29, 1.82) is 0 Å². The summed E-state index contributed by atoms with van der Waals surface area (Å²) in [6.45, 7) is 8.06. The lowest BCUT2D eigenvalue weighted by atomic mass is 9.86. The molecule has 0 aliphatic heterocycles. The number of rotatable bonds is 3. The number of fused-ring (bicyclic) bond motifs is 1. The van der Waals surface area contributed by atoms with Gasteiger partial charge in [0.15, 0.2) is 5.13 Å². The fourth-order valence-electron chi connectivity index (χ4n) is 2.70. The largest absolute Gasteiger partial charge is 0.465 e. The molecule has 2 heterocycles. The first kappa shape index (κ1) is 19.0. The zero-order valence-electron chi connectivity index (χ0n) is 15.9. The van der Waals surface area contributed by atoms with E-state index in [1.807, 2.05) is 18.2 Å². The van der Waals surface area contributed by atoms with Crippen LogP contribution in [-0.4, -0.2) is 29.0 Å². The molecule has 0 aliphatic carbocycles. The maximum absolute atomic E-state index is 12.8. The van der Waals surface area contributed by atoms with Crippen molar-refractivity contribution < 1.29 is 14.3 Å². The van der Waals surface area contributed by atoms with Crippen molar-refractivity contribution in [3.05, 3.63) is 52.3 Å². The number of aromatic nitrogens is 2. The van der Waals surface area contributed by atoms with E-state index in [0.717, 1.165) is 27.7 Å². The molecule has 140 valence electrons. The van der Waals surface area contributed by atoms with E-state index in [2.05, 4.69) is 42.1 Å². The molecule has 1 amide bonds. The molecule has 3 rings (SSSR count). The van der Waals surface area contributed by atoms with Gasteiger partial charge in [0.2, 0.25) is 0 Å². The van der Waals surface area contributed by atoms with E-state index in [0.29, 0.717) is 21.4 Å². The van der Waals surface area contributed by atoms with Gasteiger partial charge < -0.3 is 4.74 Å². The van der Waals surface area contributed by atoms with Gasteiger partial charge in [-0.3, -0.25) is 15.1 Å². The highest BCUT2D eigenvalue weighted by Crippen LogP contribution is 2.28. The number of esters is 1. The molecule has 0 spiro atoms. The summed E-state index contributed by atoms with van der Waals surface area (Å²) in [6.07, 6.45) is 1.61. The zero-order valence-corrected chi connectivity index (χ0v) is 16.7. The van der Waals surface area contributed by atoms with Gasteiger partial charge in [-0.25, -0.2) is 9.78 Å². The van der Waals surface area contributed by atoms with E-state index >= 15 is 0 Å². The summed E-state index contributed by atoms with van der Waals surface area (Å²) >= 11 is 1.08. The highest BCUT2D eigenvalue weighted by molar-refractivity contribution is 7.17. The van der Waals surface area contributed by atoms with Crippen LogP contribution in [0.25, 0.3) is 10.8 Å². The van der Waals surface area contributed by atoms with Crippen LogP contribution < -0.4 is 5.32 Å². The van der Waals surface area contributed by atoms with Gasteiger partial charge in [-0.15, -0.1) is 0 Å². The molecule has 0 radical (unpaired) electrons. The predicted molar refractivity (Wildman–Crippen MR) is 107 cm³/mol. The number of ether oxygens (including phenoxy) is 1. The van der Waals surface area contributed by atoms with Crippen molar-refractivity contribution in [1.82, 2.24) is 9.97 Å². The molecule has 1 N–H and O–H groups in total. The zero-order chi connectivity index (χ0) is 19.8. The molecule has 27 heavy (non-hydrogen) atoms. The minimum absolute atomic E-state index is 0.0421. The number of amides is 1. The van der Waals surface area contributed by atoms with Crippen molar-refractivity contribution in [2.24, 2.45) is 0 Å². The van der Waals surface area contributed by atoms with Crippen LogP contribution in [0.1, 0.15) is 52.2 Å². The summed E-state index contributed by atoms with van der Waals surface area (Å²) in [4.78, 5) is 33.4. The van der Waals surface area contributed by atoms with Crippen molar-refractivity contribution in [3.8, 4) is 0 Å². The van der Waals surface area contributed by atoms with Crippen LogP contribution in [0.3, 0.4) is 0 Å². The lowest BCUT2D eigenvalue weighted by Crippen LogP contribution is -2.15. The number of benzene rings is 1. The molecular formula is C20H21N3O3S. The summed E-state index contributed by atoms with van der Waals surface area (Å²) in [5.74, 6) is -0.833. The summed E-state index contributed by atoms with van der Waals surface area (Å²) in [7, 11) is 1.31. The number of nitrogens with zero attached hydrogens (tertiary/aromatic N) is 2. The molecule has 3 aromatic rings. The SMILES string of the molecule is COC(=O)c1sc(NC(=O)c2nccc3ccc(C(C)(C)C)cc23)nc1C. The van der Waals surface area contributed by atoms with Crippen LogP contribution in [0.4, 0.5) is 5.13 Å². The number of hydrogen-bond donors (Lipinski definition) is 1. The Kier molecular flexibility index (Phi) is 4.97. The van der Waals surface area contributed by atoms with Gasteiger partial charge >= 0.3 is 5.97 Å². The second kappa shape index (κ2) is 7.08. The Bertz CT molecular complexity index is 1030. The number of thiazole rings is 1. The molecule has 0 saturated carbocycles. The summed E-state index contributed by atoms with van der Waals surface area (Å²) in [5.41, 5.74) is 1.92. The molecule has 0 bridgehead atoms. The summed E-state index contributed by atoms with van der Waals surface area (Å²) in [5, 5.41) is 4.80. The van der Waals surface area contributed by atoms with Crippen LogP contribution in [0.2, 0.25) is 0 Å². The van der Waals surface area contributed by atoms with E-state index in [1.165, 1.54) is 7.11 Å². The molecule has 1 aromatic carbocycles. The number of carbonyl (C=O) groups excluding carboxylic acids is 2. The van der Waals surface area contributed by atoms with Crippen LogP contribution >= 0.6 is 11.3 Å². The van der Waals surface area contributed by atoms with Crippen molar-refractivity contribution in [2.45, 2.75) is 33.1 Å². The Labute approximate surface area is 161 Å². The van der Waals surface area contributed by atoms with Gasteiger partial charge in [0.1, 0.15) is 10.6 Å². The quantitative estimate of drug-likeness (QED) is 0.681. The van der Waals surface area contributed by atoms with Gasteiger partial charge in [0.05, 0.1) is 12.8 Å². The fraction of sp³-hybridized carbons (Fsp3) is 0.300. The van der Waals surface area contributed by atoms with Crippen LogP contribution in [0.5, 0.6) is 0 Å². The van der Waals surface area contributed by atoms with Gasteiger partial charge in [-0.05, 0) is 35.4 Å². The second-order valence-electron chi connectivity index (χ2n) is 7.22. The number of methoxy groups -OCH3 is 1. The summed E-state index contributed by atoms with van der Waals surface area (Å²) in [6, 6.07) is 7.94. The van der Waals surface area contributed by atoms with Gasteiger partial charge in [-0.2, -0.15) is 0 Å². The molecule has 0 unspecified atom stereocenters. The molecule has 6 nitrogen and oxygen atoms in total. The van der Waals surface area contributed by atoms with Crippen molar-refractivity contribution in [2.75, 3.05) is 12.4 Å². The van der Waals surface area contributed by atoms with Crippen LogP contribution in [-0.2, 0) is 10.2 Å². The van der Waals surface area contributed by atoms with E-state index < -0.39 is 5.97 Å². The second-order valence-corrected chi connectivity index (χ2v) is 8.22. The highest BCUT2D eigenvalue weighted by Gasteiger charge is 2.20. The summed E-state index contributed by atoms with van der Waals surface area (Å²) < 4.78 is 4.73. The van der Waals surface area contributed by atoms with Crippen LogP contribution in [0, 0.1) is 6.92 Å². The number of pyridine rings is 1. The third-order valence-corrected chi connectivity index (χ3v) is 5.29. The van der Waals surface area contributed by atoms with E-state index in [-0.39, 0.29) is 11.3 Å².